The molecule has 2 N–H and O–H groups in total. The average molecular weight is 172 g/mol. The molecule has 1 heterocycles. The summed E-state index contributed by atoms with van der Waals surface area (Å²) in [6, 6.07) is 0. The second-order valence-electron chi connectivity index (χ2n) is 2.88. The number of hydrogen-bond acceptors (Lipinski definition) is 3. The Morgan fingerprint density at radius 1 is 1.75 bits per heavy atom. The van der Waals surface area contributed by atoms with Crippen LogP contribution in [0.4, 0.5) is 0 Å². The second-order valence-corrected chi connectivity index (χ2v) is 2.88. The third kappa shape index (κ3) is 3.19. The van der Waals surface area contributed by atoms with Crippen molar-refractivity contribution in [3.63, 3.8) is 0 Å². The van der Waals surface area contributed by atoms with E-state index in [9.17, 15) is 4.79 Å². The van der Waals surface area contributed by atoms with E-state index in [-0.39, 0.29) is 18.6 Å². The van der Waals surface area contributed by atoms with Crippen molar-refractivity contribution in [2.24, 2.45) is 0 Å². The molecule has 12 heavy (non-hydrogen) atoms. The highest BCUT2D eigenvalue weighted by Crippen LogP contribution is 2.01. The Bertz CT molecular complexity index is 144. The first-order valence-electron chi connectivity index (χ1n) is 4.42. The average Bonchev–Trinajstić information content (AvgIpc) is 2.53. The SMILES string of the molecule is CCNC(=O)COC1CCNC1. The number of carbonyl (C=O) groups excluding carboxylic acids is 1. The van der Waals surface area contributed by atoms with Crippen LogP contribution in [0.3, 0.4) is 0 Å². The van der Waals surface area contributed by atoms with Gasteiger partial charge in [-0.1, -0.05) is 0 Å². The summed E-state index contributed by atoms with van der Waals surface area (Å²) in [7, 11) is 0. The van der Waals surface area contributed by atoms with Gasteiger partial charge in [0, 0.05) is 13.1 Å². The van der Waals surface area contributed by atoms with Gasteiger partial charge >= 0.3 is 0 Å². The highest BCUT2D eigenvalue weighted by atomic mass is 16.5. The minimum atomic E-state index is -0.0237. The zero-order valence-electron chi connectivity index (χ0n) is 7.43. The van der Waals surface area contributed by atoms with E-state index in [0.29, 0.717) is 6.54 Å². The number of rotatable bonds is 4. The van der Waals surface area contributed by atoms with E-state index in [0.717, 1.165) is 19.5 Å². The lowest BCUT2D eigenvalue weighted by Gasteiger charge is -2.09. The highest BCUT2D eigenvalue weighted by Gasteiger charge is 2.15. The molecule has 1 fully saturated rings. The Morgan fingerprint density at radius 2 is 2.58 bits per heavy atom. The Hall–Kier alpha value is -0.610. The van der Waals surface area contributed by atoms with Crippen LogP contribution in [0.5, 0.6) is 0 Å². The molecule has 1 atom stereocenters. The van der Waals surface area contributed by atoms with Crippen molar-refractivity contribution in [1.82, 2.24) is 10.6 Å². The van der Waals surface area contributed by atoms with Crippen LogP contribution in [0.15, 0.2) is 0 Å². The van der Waals surface area contributed by atoms with Gasteiger partial charge in [-0.2, -0.15) is 0 Å². The maximum absolute atomic E-state index is 10.9. The third-order valence-electron chi connectivity index (χ3n) is 1.84. The first kappa shape index (κ1) is 9.48. The molecule has 4 nitrogen and oxygen atoms in total. The van der Waals surface area contributed by atoms with Crippen LogP contribution < -0.4 is 10.6 Å². The lowest BCUT2D eigenvalue weighted by atomic mass is 10.3. The fourth-order valence-corrected chi connectivity index (χ4v) is 1.21. The summed E-state index contributed by atoms with van der Waals surface area (Å²) in [6.07, 6.45) is 1.24. The lowest BCUT2D eigenvalue weighted by Crippen LogP contribution is -2.30. The quantitative estimate of drug-likeness (QED) is 0.601. The van der Waals surface area contributed by atoms with E-state index in [1.807, 2.05) is 6.92 Å². The van der Waals surface area contributed by atoms with Crippen molar-refractivity contribution >= 4 is 5.91 Å². The van der Waals surface area contributed by atoms with Gasteiger partial charge in [-0.15, -0.1) is 0 Å². The van der Waals surface area contributed by atoms with E-state index < -0.39 is 0 Å². The molecule has 1 rings (SSSR count). The first-order chi connectivity index (χ1) is 5.83. The topological polar surface area (TPSA) is 50.4 Å². The summed E-state index contributed by atoms with van der Waals surface area (Å²) in [5.41, 5.74) is 0. The molecule has 0 aromatic rings. The fraction of sp³-hybridized carbons (Fsp3) is 0.875. The molecule has 1 aliphatic rings. The van der Waals surface area contributed by atoms with Crippen molar-refractivity contribution in [1.29, 1.82) is 0 Å². The number of amides is 1. The van der Waals surface area contributed by atoms with Gasteiger partial charge in [0.1, 0.15) is 6.61 Å². The van der Waals surface area contributed by atoms with Crippen molar-refractivity contribution in [2.75, 3.05) is 26.2 Å². The van der Waals surface area contributed by atoms with E-state index in [4.69, 9.17) is 4.74 Å². The molecule has 0 bridgehead atoms. The molecule has 70 valence electrons. The van der Waals surface area contributed by atoms with Crippen LogP contribution in [0.25, 0.3) is 0 Å². The van der Waals surface area contributed by atoms with Crippen molar-refractivity contribution < 1.29 is 9.53 Å². The van der Waals surface area contributed by atoms with Gasteiger partial charge in [0.25, 0.3) is 0 Å². The van der Waals surface area contributed by atoms with Gasteiger partial charge in [-0.25, -0.2) is 0 Å². The van der Waals surface area contributed by atoms with Crippen molar-refractivity contribution in [3.05, 3.63) is 0 Å². The number of likely N-dealkylation sites (N-methyl/N-ethyl adjacent to an activating group) is 1. The number of carbonyl (C=O) groups is 1. The van der Waals surface area contributed by atoms with Crippen LogP contribution in [0.1, 0.15) is 13.3 Å². The summed E-state index contributed by atoms with van der Waals surface area (Å²) >= 11 is 0. The Labute approximate surface area is 72.7 Å². The number of nitrogens with one attached hydrogen (secondary N) is 2. The van der Waals surface area contributed by atoms with Crippen LogP contribution in [-0.2, 0) is 9.53 Å². The molecule has 0 spiro atoms. The molecule has 1 amide bonds. The van der Waals surface area contributed by atoms with Gasteiger partial charge in [-0.3, -0.25) is 4.79 Å². The summed E-state index contributed by atoms with van der Waals surface area (Å²) in [6.45, 7) is 4.64. The third-order valence-corrected chi connectivity index (χ3v) is 1.84. The molecule has 0 aromatic carbocycles. The summed E-state index contributed by atoms with van der Waals surface area (Å²) in [5.74, 6) is -0.0237. The molecule has 1 aliphatic heterocycles. The minimum Gasteiger partial charge on any atom is -0.367 e. The maximum Gasteiger partial charge on any atom is 0.246 e. The minimum absolute atomic E-state index is 0.0237. The molecular formula is C8H16N2O2. The molecule has 0 aliphatic carbocycles. The van der Waals surface area contributed by atoms with Gasteiger partial charge in [0.2, 0.25) is 5.91 Å². The maximum atomic E-state index is 10.9. The van der Waals surface area contributed by atoms with Crippen LogP contribution >= 0.6 is 0 Å². The standard InChI is InChI=1S/C8H16N2O2/c1-2-10-8(11)6-12-7-3-4-9-5-7/h7,9H,2-6H2,1H3,(H,10,11). The molecule has 1 saturated heterocycles. The second kappa shape index (κ2) is 5.11. The summed E-state index contributed by atoms with van der Waals surface area (Å²) < 4.78 is 5.34. The van der Waals surface area contributed by atoms with Crippen LogP contribution in [0.2, 0.25) is 0 Å². The first-order valence-corrected chi connectivity index (χ1v) is 4.42. The van der Waals surface area contributed by atoms with Gasteiger partial charge < -0.3 is 15.4 Å². The molecule has 4 heteroatoms. The zero-order chi connectivity index (χ0) is 8.81. The Kier molecular flexibility index (Phi) is 4.04. The van der Waals surface area contributed by atoms with Crippen molar-refractivity contribution in [3.8, 4) is 0 Å². The predicted octanol–water partition coefficient (Wildman–Crippen LogP) is -0.499. The molecule has 1 unspecified atom stereocenters. The zero-order valence-corrected chi connectivity index (χ0v) is 7.43. The normalized spacial score (nSPS) is 22.6. The van der Waals surface area contributed by atoms with Crippen LogP contribution in [-0.4, -0.2) is 38.3 Å². The fourth-order valence-electron chi connectivity index (χ4n) is 1.21. The molecular weight excluding hydrogens is 156 g/mol. The van der Waals surface area contributed by atoms with Crippen LogP contribution in [0, 0.1) is 0 Å². The number of ether oxygens (including phenoxy) is 1. The van der Waals surface area contributed by atoms with Gasteiger partial charge in [0.05, 0.1) is 6.10 Å². The Morgan fingerprint density at radius 3 is 3.17 bits per heavy atom. The van der Waals surface area contributed by atoms with E-state index in [1.54, 1.807) is 0 Å². The summed E-state index contributed by atoms with van der Waals surface area (Å²) in [5, 5.41) is 5.86. The van der Waals surface area contributed by atoms with E-state index >= 15 is 0 Å². The molecule has 0 saturated carbocycles. The predicted molar refractivity (Wildman–Crippen MR) is 45.9 cm³/mol. The molecule has 0 aromatic heterocycles. The largest absolute Gasteiger partial charge is 0.367 e. The van der Waals surface area contributed by atoms with Gasteiger partial charge in [-0.05, 0) is 19.9 Å². The smallest absolute Gasteiger partial charge is 0.246 e. The van der Waals surface area contributed by atoms with Gasteiger partial charge in [0.15, 0.2) is 0 Å². The number of hydrogen-bond donors (Lipinski definition) is 2. The summed E-state index contributed by atoms with van der Waals surface area (Å²) in [4.78, 5) is 10.9. The monoisotopic (exact) mass is 172 g/mol. The van der Waals surface area contributed by atoms with Crippen molar-refractivity contribution in [2.45, 2.75) is 19.4 Å². The van der Waals surface area contributed by atoms with E-state index in [2.05, 4.69) is 10.6 Å². The van der Waals surface area contributed by atoms with E-state index in [1.165, 1.54) is 0 Å². The lowest BCUT2D eigenvalue weighted by molar-refractivity contribution is -0.127. The highest BCUT2D eigenvalue weighted by molar-refractivity contribution is 5.77. The Balaban J connectivity index is 2.03. The molecule has 0 radical (unpaired) electrons.